The number of carbonyl (C=O) groups is 2. The maximum absolute atomic E-state index is 13.1. The number of carbonyl (C=O) groups excluding carboxylic acids is 2. The van der Waals surface area contributed by atoms with E-state index in [-0.39, 0.29) is 18.9 Å². The minimum Gasteiger partial charge on any atom is -0.495 e. The molecule has 33 heavy (non-hydrogen) atoms. The van der Waals surface area contributed by atoms with E-state index in [0.717, 1.165) is 5.56 Å². The molecule has 0 aliphatic carbocycles. The summed E-state index contributed by atoms with van der Waals surface area (Å²) >= 11 is -2.49. The number of amides is 2. The third-order valence-electron chi connectivity index (χ3n) is 4.60. The fourth-order valence-electron chi connectivity index (χ4n) is 2.97. The SMILES string of the molecule is COC(=O)CCc1ccc(N(CC(C)OS(=O)O)C(=O)Nc2ccc(C#N)cc2OC)cc1. The fourth-order valence-corrected chi connectivity index (χ4v) is 3.31. The van der Waals surface area contributed by atoms with Gasteiger partial charge in [-0.25, -0.2) is 4.79 Å². The van der Waals surface area contributed by atoms with Gasteiger partial charge in [-0.15, -0.1) is 0 Å². The first-order valence-corrected chi connectivity index (χ1v) is 10.9. The van der Waals surface area contributed by atoms with Crippen molar-refractivity contribution in [2.75, 3.05) is 31.0 Å². The number of nitrogens with one attached hydrogen (secondary N) is 1. The fraction of sp³-hybridized carbons (Fsp3) is 0.318. The van der Waals surface area contributed by atoms with Crippen molar-refractivity contribution in [2.24, 2.45) is 0 Å². The summed E-state index contributed by atoms with van der Waals surface area (Å²) in [7, 11) is 2.75. The number of hydrogen-bond acceptors (Lipinski definition) is 7. The monoisotopic (exact) mass is 475 g/mol. The van der Waals surface area contributed by atoms with Crippen LogP contribution < -0.4 is 15.0 Å². The van der Waals surface area contributed by atoms with Gasteiger partial charge in [0.2, 0.25) is 0 Å². The van der Waals surface area contributed by atoms with Gasteiger partial charge in [0.15, 0.2) is 0 Å². The molecule has 0 aliphatic rings. The normalized spacial score (nSPS) is 12.2. The second-order valence-corrected chi connectivity index (χ2v) is 7.56. The lowest BCUT2D eigenvalue weighted by molar-refractivity contribution is -0.140. The molecule has 2 unspecified atom stereocenters. The highest BCUT2D eigenvalue weighted by Crippen LogP contribution is 2.27. The number of esters is 1. The predicted octanol–water partition coefficient (Wildman–Crippen LogP) is 3.25. The zero-order chi connectivity index (χ0) is 24.4. The lowest BCUT2D eigenvalue weighted by Gasteiger charge is -2.26. The quantitative estimate of drug-likeness (QED) is 0.394. The summed E-state index contributed by atoms with van der Waals surface area (Å²) in [6.07, 6.45) is -0.0560. The van der Waals surface area contributed by atoms with Crippen LogP contribution in [0.1, 0.15) is 24.5 Å². The van der Waals surface area contributed by atoms with Gasteiger partial charge in [-0.1, -0.05) is 12.1 Å². The first-order chi connectivity index (χ1) is 15.8. The minimum atomic E-state index is -2.49. The van der Waals surface area contributed by atoms with E-state index in [1.54, 1.807) is 43.3 Å². The molecule has 0 saturated carbocycles. The summed E-state index contributed by atoms with van der Waals surface area (Å²) in [5.74, 6) is -0.0132. The van der Waals surface area contributed by atoms with Crippen LogP contribution in [0.25, 0.3) is 0 Å². The third-order valence-corrected chi connectivity index (χ3v) is 5.09. The zero-order valence-corrected chi connectivity index (χ0v) is 19.3. The number of urea groups is 1. The Balaban J connectivity index is 2.26. The molecule has 11 heteroatoms. The molecule has 2 amide bonds. The average Bonchev–Trinajstić information content (AvgIpc) is 2.81. The van der Waals surface area contributed by atoms with Crippen LogP contribution in [0.5, 0.6) is 5.75 Å². The molecule has 0 heterocycles. The summed E-state index contributed by atoms with van der Waals surface area (Å²) in [6, 6.07) is 13.0. The molecule has 0 aromatic heterocycles. The van der Waals surface area contributed by atoms with E-state index in [0.29, 0.717) is 29.1 Å². The molecule has 2 rings (SSSR count). The molecule has 0 aliphatic heterocycles. The smallest absolute Gasteiger partial charge is 0.326 e. The predicted molar refractivity (Wildman–Crippen MR) is 122 cm³/mol. The van der Waals surface area contributed by atoms with Gasteiger partial charge in [-0.05, 0) is 43.2 Å². The molecule has 2 atom stereocenters. The maximum atomic E-state index is 13.1. The zero-order valence-electron chi connectivity index (χ0n) is 18.4. The summed E-state index contributed by atoms with van der Waals surface area (Å²) in [6.45, 7) is 1.53. The van der Waals surface area contributed by atoms with Crippen LogP contribution in [0.3, 0.4) is 0 Å². The molecule has 0 saturated heterocycles. The number of rotatable bonds is 10. The van der Waals surface area contributed by atoms with E-state index in [9.17, 15) is 13.8 Å². The third kappa shape index (κ3) is 7.87. The summed E-state index contributed by atoms with van der Waals surface area (Å²) < 4.78 is 34.8. The maximum Gasteiger partial charge on any atom is 0.326 e. The van der Waals surface area contributed by atoms with Gasteiger partial charge in [0, 0.05) is 18.2 Å². The van der Waals surface area contributed by atoms with Crippen molar-refractivity contribution >= 4 is 34.7 Å². The Labute approximate surface area is 194 Å². The Kier molecular flexibility index (Phi) is 9.81. The van der Waals surface area contributed by atoms with Crippen molar-refractivity contribution in [3.8, 4) is 11.8 Å². The Bertz CT molecular complexity index is 1040. The van der Waals surface area contributed by atoms with E-state index < -0.39 is 23.5 Å². The molecule has 0 spiro atoms. The van der Waals surface area contributed by atoms with Crippen LogP contribution >= 0.6 is 0 Å². The van der Waals surface area contributed by atoms with Crippen molar-refractivity contribution in [3.63, 3.8) is 0 Å². The number of nitriles is 1. The molecule has 2 aromatic carbocycles. The van der Waals surface area contributed by atoms with Crippen LogP contribution in [0.4, 0.5) is 16.2 Å². The number of aryl methyl sites for hydroxylation is 1. The molecule has 2 aromatic rings. The van der Waals surface area contributed by atoms with Gasteiger partial charge < -0.3 is 14.8 Å². The van der Waals surface area contributed by atoms with Crippen LogP contribution in [0.15, 0.2) is 42.5 Å². The Morgan fingerprint density at radius 3 is 2.48 bits per heavy atom. The molecular formula is C22H25N3O7S. The van der Waals surface area contributed by atoms with Crippen LogP contribution in [-0.2, 0) is 31.5 Å². The van der Waals surface area contributed by atoms with E-state index in [1.165, 1.54) is 25.2 Å². The topological polar surface area (TPSA) is 138 Å². The van der Waals surface area contributed by atoms with Crippen LogP contribution in [-0.4, -0.2) is 47.6 Å². The van der Waals surface area contributed by atoms with Gasteiger partial charge in [0.25, 0.3) is 0 Å². The standard InChI is InChI=1S/C22H25N3O7S/c1-15(32-33(28)29)14-25(18-8-4-16(5-9-18)7-11-21(26)31-3)22(27)24-19-10-6-17(13-23)12-20(19)30-2/h4-6,8-10,12,15H,7,11,14H2,1-3H3,(H,24,27)(H,28,29). The minimum absolute atomic E-state index is 0.0295. The van der Waals surface area contributed by atoms with E-state index in [4.69, 9.17) is 18.7 Å². The van der Waals surface area contributed by atoms with Crippen molar-refractivity contribution < 1.29 is 32.0 Å². The Morgan fingerprint density at radius 2 is 1.91 bits per heavy atom. The molecular weight excluding hydrogens is 450 g/mol. The van der Waals surface area contributed by atoms with Gasteiger partial charge >= 0.3 is 23.4 Å². The van der Waals surface area contributed by atoms with Gasteiger partial charge in [-0.2, -0.15) is 9.47 Å². The van der Waals surface area contributed by atoms with E-state index in [1.807, 2.05) is 6.07 Å². The van der Waals surface area contributed by atoms with Crippen molar-refractivity contribution in [1.82, 2.24) is 0 Å². The highest BCUT2D eigenvalue weighted by atomic mass is 32.2. The Hall–Kier alpha value is -3.46. The number of ether oxygens (including phenoxy) is 2. The van der Waals surface area contributed by atoms with Crippen molar-refractivity contribution in [3.05, 3.63) is 53.6 Å². The number of nitrogens with zero attached hydrogens (tertiary/aromatic N) is 2. The summed E-state index contributed by atoms with van der Waals surface area (Å²) in [4.78, 5) is 25.8. The molecule has 176 valence electrons. The highest BCUT2D eigenvalue weighted by Gasteiger charge is 2.22. The van der Waals surface area contributed by atoms with Crippen LogP contribution in [0.2, 0.25) is 0 Å². The number of anilines is 2. The lowest BCUT2D eigenvalue weighted by atomic mass is 10.1. The molecule has 2 N–H and O–H groups in total. The second kappa shape index (κ2) is 12.5. The number of benzene rings is 2. The molecule has 10 nitrogen and oxygen atoms in total. The number of hydrogen-bond donors (Lipinski definition) is 2. The average molecular weight is 476 g/mol. The van der Waals surface area contributed by atoms with E-state index in [2.05, 4.69) is 10.1 Å². The highest BCUT2D eigenvalue weighted by molar-refractivity contribution is 7.74. The summed E-state index contributed by atoms with van der Waals surface area (Å²) in [5, 5.41) is 11.8. The van der Waals surface area contributed by atoms with E-state index >= 15 is 0 Å². The second-order valence-electron chi connectivity index (χ2n) is 6.93. The molecule has 0 radical (unpaired) electrons. The van der Waals surface area contributed by atoms with Gasteiger partial charge in [0.05, 0.1) is 44.2 Å². The van der Waals surface area contributed by atoms with Gasteiger partial charge in [-0.3, -0.25) is 18.4 Å². The van der Waals surface area contributed by atoms with Crippen LogP contribution in [0, 0.1) is 11.3 Å². The van der Waals surface area contributed by atoms with Crippen molar-refractivity contribution in [1.29, 1.82) is 5.26 Å². The lowest BCUT2D eigenvalue weighted by Crippen LogP contribution is -2.40. The van der Waals surface area contributed by atoms with Gasteiger partial charge in [0.1, 0.15) is 5.75 Å². The molecule has 0 fully saturated rings. The first kappa shape index (κ1) is 25.8. The van der Waals surface area contributed by atoms with Crippen molar-refractivity contribution in [2.45, 2.75) is 25.9 Å². The summed E-state index contributed by atoms with van der Waals surface area (Å²) in [5.41, 5.74) is 2.09. The Morgan fingerprint density at radius 1 is 1.21 bits per heavy atom. The first-order valence-electron chi connectivity index (χ1n) is 9.87. The number of methoxy groups -OCH3 is 2. The molecule has 0 bridgehead atoms. The largest absolute Gasteiger partial charge is 0.495 e.